The largest absolute Gasteiger partial charge is 0.376 e. The molecule has 1 aromatic carbocycles. The molecule has 23 heavy (non-hydrogen) atoms. The first-order valence-corrected chi connectivity index (χ1v) is 9.16. The van der Waals surface area contributed by atoms with E-state index < -0.39 is 0 Å². The summed E-state index contributed by atoms with van der Waals surface area (Å²) in [5.74, 6) is 3.30. The number of rotatable bonds is 11. The SMILES string of the molecule is C=CCSCCNC(=NC)NCC(C)COCc1ccccc1. The monoisotopic (exact) mass is 335 g/mol. The Labute approximate surface area is 144 Å². The number of benzene rings is 1. The fourth-order valence-corrected chi connectivity index (χ4v) is 2.49. The third kappa shape index (κ3) is 10.0. The molecule has 0 saturated heterocycles. The molecular formula is C18H29N3OS. The van der Waals surface area contributed by atoms with Gasteiger partial charge < -0.3 is 15.4 Å². The zero-order chi connectivity index (χ0) is 16.8. The summed E-state index contributed by atoms with van der Waals surface area (Å²) >= 11 is 1.86. The van der Waals surface area contributed by atoms with Crippen LogP contribution in [0.15, 0.2) is 48.0 Å². The lowest BCUT2D eigenvalue weighted by Gasteiger charge is -2.16. The molecule has 0 aromatic heterocycles. The highest BCUT2D eigenvalue weighted by molar-refractivity contribution is 7.99. The van der Waals surface area contributed by atoms with Gasteiger partial charge in [0.25, 0.3) is 0 Å². The number of aliphatic imine (C=N–C) groups is 1. The Hall–Kier alpha value is -1.46. The molecule has 1 aromatic rings. The summed E-state index contributed by atoms with van der Waals surface area (Å²) in [6.07, 6.45) is 1.93. The number of ether oxygens (including phenoxy) is 1. The molecule has 1 unspecified atom stereocenters. The van der Waals surface area contributed by atoms with Crippen LogP contribution >= 0.6 is 11.8 Å². The van der Waals surface area contributed by atoms with Crippen LogP contribution in [0.2, 0.25) is 0 Å². The Morgan fingerprint density at radius 3 is 2.83 bits per heavy atom. The summed E-state index contributed by atoms with van der Waals surface area (Å²) in [5.41, 5.74) is 1.21. The van der Waals surface area contributed by atoms with Crippen LogP contribution in [0, 0.1) is 5.92 Å². The predicted molar refractivity (Wildman–Crippen MR) is 102 cm³/mol. The topological polar surface area (TPSA) is 45.7 Å². The fourth-order valence-electron chi connectivity index (χ4n) is 1.91. The summed E-state index contributed by atoms with van der Waals surface area (Å²) in [7, 11) is 1.79. The minimum Gasteiger partial charge on any atom is -0.376 e. The van der Waals surface area contributed by atoms with Crippen LogP contribution in [0.5, 0.6) is 0 Å². The molecule has 4 nitrogen and oxygen atoms in total. The molecule has 0 fully saturated rings. The third-order valence-corrected chi connectivity index (χ3v) is 4.09. The molecule has 0 aliphatic carbocycles. The predicted octanol–water partition coefficient (Wildman–Crippen LogP) is 2.92. The lowest BCUT2D eigenvalue weighted by molar-refractivity contribution is 0.0931. The normalized spacial score (nSPS) is 12.7. The maximum absolute atomic E-state index is 5.76. The van der Waals surface area contributed by atoms with E-state index in [0.29, 0.717) is 12.5 Å². The molecule has 128 valence electrons. The number of nitrogens with zero attached hydrogens (tertiary/aromatic N) is 1. The van der Waals surface area contributed by atoms with Crippen molar-refractivity contribution in [3.05, 3.63) is 48.6 Å². The Morgan fingerprint density at radius 1 is 1.35 bits per heavy atom. The summed E-state index contributed by atoms with van der Waals surface area (Å²) in [6, 6.07) is 10.3. The lowest BCUT2D eigenvalue weighted by Crippen LogP contribution is -2.40. The van der Waals surface area contributed by atoms with Crippen LogP contribution in [0.4, 0.5) is 0 Å². The molecule has 0 spiro atoms. The van der Waals surface area contributed by atoms with Gasteiger partial charge in [-0.1, -0.05) is 43.3 Å². The average Bonchev–Trinajstić information content (AvgIpc) is 2.58. The number of thioether (sulfide) groups is 1. The van der Waals surface area contributed by atoms with E-state index >= 15 is 0 Å². The van der Waals surface area contributed by atoms with E-state index in [1.165, 1.54) is 5.56 Å². The minimum atomic E-state index is 0.424. The molecule has 0 aliphatic rings. The van der Waals surface area contributed by atoms with E-state index in [1.54, 1.807) is 7.05 Å². The molecule has 5 heteroatoms. The summed E-state index contributed by atoms with van der Waals surface area (Å²) in [4.78, 5) is 4.23. The van der Waals surface area contributed by atoms with Gasteiger partial charge >= 0.3 is 0 Å². The van der Waals surface area contributed by atoms with Crippen LogP contribution < -0.4 is 10.6 Å². The van der Waals surface area contributed by atoms with Crippen molar-refractivity contribution in [3.63, 3.8) is 0 Å². The van der Waals surface area contributed by atoms with E-state index in [0.717, 1.165) is 37.2 Å². The average molecular weight is 336 g/mol. The quantitative estimate of drug-likeness (QED) is 0.282. The fraction of sp³-hybridized carbons (Fsp3) is 0.500. The van der Waals surface area contributed by atoms with Crippen molar-refractivity contribution in [2.45, 2.75) is 13.5 Å². The molecule has 0 bridgehead atoms. The lowest BCUT2D eigenvalue weighted by atomic mass is 10.2. The zero-order valence-corrected chi connectivity index (χ0v) is 15.1. The first-order valence-electron chi connectivity index (χ1n) is 8.01. The van der Waals surface area contributed by atoms with Crippen LogP contribution in [0.3, 0.4) is 0 Å². The number of guanidine groups is 1. The van der Waals surface area contributed by atoms with Gasteiger partial charge in [0.05, 0.1) is 13.2 Å². The number of nitrogens with one attached hydrogen (secondary N) is 2. The van der Waals surface area contributed by atoms with Gasteiger partial charge in [-0.2, -0.15) is 11.8 Å². The highest BCUT2D eigenvalue weighted by Crippen LogP contribution is 2.03. The van der Waals surface area contributed by atoms with E-state index in [2.05, 4.69) is 41.3 Å². The van der Waals surface area contributed by atoms with Crippen molar-refractivity contribution in [1.82, 2.24) is 10.6 Å². The van der Waals surface area contributed by atoms with Crippen molar-refractivity contribution < 1.29 is 4.74 Å². The molecule has 0 amide bonds. The van der Waals surface area contributed by atoms with E-state index in [1.807, 2.05) is 36.0 Å². The standard InChI is InChI=1S/C18H29N3OS/c1-4-11-23-12-10-20-18(19-3)21-13-16(2)14-22-15-17-8-6-5-7-9-17/h4-9,16H,1,10-15H2,2-3H3,(H2,19,20,21). The highest BCUT2D eigenvalue weighted by Gasteiger charge is 2.04. The van der Waals surface area contributed by atoms with Gasteiger partial charge in [0, 0.05) is 31.6 Å². The summed E-state index contributed by atoms with van der Waals surface area (Å²) in [5, 5.41) is 6.65. The Bertz CT molecular complexity index is 451. The molecule has 2 N–H and O–H groups in total. The summed E-state index contributed by atoms with van der Waals surface area (Å²) < 4.78 is 5.76. The molecule has 1 atom stereocenters. The van der Waals surface area contributed by atoms with Gasteiger partial charge in [-0.05, 0) is 11.5 Å². The van der Waals surface area contributed by atoms with Gasteiger partial charge in [-0.3, -0.25) is 4.99 Å². The van der Waals surface area contributed by atoms with Crippen molar-refractivity contribution in [2.24, 2.45) is 10.9 Å². The van der Waals surface area contributed by atoms with Gasteiger partial charge in [0.2, 0.25) is 0 Å². The van der Waals surface area contributed by atoms with E-state index in [9.17, 15) is 0 Å². The number of hydrogen-bond donors (Lipinski definition) is 2. The minimum absolute atomic E-state index is 0.424. The summed E-state index contributed by atoms with van der Waals surface area (Å²) in [6.45, 7) is 9.02. The van der Waals surface area contributed by atoms with Crippen LogP contribution in [0.1, 0.15) is 12.5 Å². The highest BCUT2D eigenvalue weighted by atomic mass is 32.2. The molecule has 0 saturated carbocycles. The second-order valence-corrected chi connectivity index (χ2v) is 6.50. The van der Waals surface area contributed by atoms with Crippen molar-refractivity contribution in [2.75, 3.05) is 38.2 Å². The molecule has 0 aliphatic heterocycles. The van der Waals surface area contributed by atoms with Crippen molar-refractivity contribution >= 4 is 17.7 Å². The first-order chi connectivity index (χ1) is 11.3. The maximum atomic E-state index is 5.76. The molecule has 0 heterocycles. The van der Waals surface area contributed by atoms with Crippen LogP contribution in [0.25, 0.3) is 0 Å². The second kappa shape index (κ2) is 13.0. The van der Waals surface area contributed by atoms with E-state index in [4.69, 9.17) is 4.74 Å². The van der Waals surface area contributed by atoms with Gasteiger partial charge in [0.15, 0.2) is 5.96 Å². The molecule has 0 radical (unpaired) electrons. The van der Waals surface area contributed by atoms with Gasteiger partial charge in [-0.25, -0.2) is 0 Å². The second-order valence-electron chi connectivity index (χ2n) is 5.35. The Kier molecular flexibility index (Phi) is 11.1. The number of hydrogen-bond acceptors (Lipinski definition) is 3. The smallest absolute Gasteiger partial charge is 0.191 e. The van der Waals surface area contributed by atoms with Crippen LogP contribution in [-0.4, -0.2) is 44.2 Å². The first kappa shape index (κ1) is 19.6. The van der Waals surface area contributed by atoms with E-state index in [-0.39, 0.29) is 0 Å². The molecule has 1 rings (SSSR count). The van der Waals surface area contributed by atoms with Crippen molar-refractivity contribution in [3.8, 4) is 0 Å². The van der Waals surface area contributed by atoms with Crippen molar-refractivity contribution in [1.29, 1.82) is 0 Å². The third-order valence-electron chi connectivity index (χ3n) is 3.13. The molecular weight excluding hydrogens is 306 g/mol. The Balaban J connectivity index is 2.10. The van der Waals surface area contributed by atoms with Gasteiger partial charge in [0.1, 0.15) is 0 Å². The van der Waals surface area contributed by atoms with Crippen LogP contribution in [-0.2, 0) is 11.3 Å². The maximum Gasteiger partial charge on any atom is 0.191 e. The van der Waals surface area contributed by atoms with Gasteiger partial charge in [-0.15, -0.1) is 6.58 Å². The Morgan fingerprint density at radius 2 is 2.13 bits per heavy atom. The zero-order valence-electron chi connectivity index (χ0n) is 14.3.